The number of aromatic nitrogens is 1. The number of thiophene rings is 1. The second-order valence-corrected chi connectivity index (χ2v) is 7.82. The second kappa shape index (κ2) is 7.81. The van der Waals surface area contributed by atoms with Gasteiger partial charge in [-0.25, -0.2) is 4.39 Å². The minimum Gasteiger partial charge on any atom is -0.497 e. The molecule has 4 rings (SSSR count). The predicted molar refractivity (Wildman–Crippen MR) is 114 cm³/mol. The quantitative estimate of drug-likeness (QED) is 0.519. The number of pyridine rings is 1. The Hall–Kier alpha value is -2.96. The summed E-state index contributed by atoms with van der Waals surface area (Å²) in [6.07, 6.45) is 1.63. The molecule has 1 N–H and O–H groups in total. The Balaban J connectivity index is 1.93. The Labute approximate surface area is 171 Å². The van der Waals surface area contributed by atoms with Crippen LogP contribution in [0.25, 0.3) is 20.7 Å². The van der Waals surface area contributed by atoms with Crippen molar-refractivity contribution < 1.29 is 14.2 Å². The standard InChI is InChI=1S/C23H20FNO3S/c1-14-20-21(27)17(13-26)12-25(11-16-5-3-4-6-19(16)24)23(20)29-22(14)15-7-9-18(28-2)10-8-15/h3-10,12,26H,11,13H2,1-2H3. The highest BCUT2D eigenvalue weighted by molar-refractivity contribution is 7.22. The number of nitrogens with zero attached hydrogens (tertiary/aromatic N) is 1. The Kier molecular flexibility index (Phi) is 5.22. The Morgan fingerprint density at radius 1 is 1.10 bits per heavy atom. The first kappa shape index (κ1) is 19.4. The Bertz CT molecular complexity index is 1240. The van der Waals surface area contributed by atoms with E-state index in [1.807, 2.05) is 35.8 Å². The van der Waals surface area contributed by atoms with Crippen LogP contribution in [-0.2, 0) is 13.2 Å². The molecule has 0 spiro atoms. The van der Waals surface area contributed by atoms with E-state index < -0.39 is 0 Å². The number of fused-ring (bicyclic) bond motifs is 1. The van der Waals surface area contributed by atoms with E-state index in [9.17, 15) is 14.3 Å². The highest BCUT2D eigenvalue weighted by Gasteiger charge is 2.18. The largest absolute Gasteiger partial charge is 0.497 e. The molecule has 6 heteroatoms. The average Bonchev–Trinajstić information content (AvgIpc) is 3.09. The van der Waals surface area contributed by atoms with Crippen LogP contribution in [0.4, 0.5) is 4.39 Å². The van der Waals surface area contributed by atoms with Crippen molar-refractivity contribution in [3.63, 3.8) is 0 Å². The van der Waals surface area contributed by atoms with E-state index in [1.54, 1.807) is 31.5 Å². The second-order valence-electron chi connectivity index (χ2n) is 6.83. The molecule has 0 fully saturated rings. The van der Waals surface area contributed by atoms with Gasteiger partial charge in [-0.05, 0) is 48.4 Å². The number of aliphatic hydroxyl groups excluding tert-OH is 1. The molecular weight excluding hydrogens is 389 g/mol. The number of aryl methyl sites for hydroxylation is 1. The lowest BCUT2D eigenvalue weighted by Gasteiger charge is -2.11. The molecule has 0 saturated carbocycles. The van der Waals surface area contributed by atoms with Crippen molar-refractivity contribution in [2.45, 2.75) is 20.1 Å². The van der Waals surface area contributed by atoms with Gasteiger partial charge >= 0.3 is 0 Å². The van der Waals surface area contributed by atoms with Crippen LogP contribution >= 0.6 is 11.3 Å². The van der Waals surface area contributed by atoms with Crippen LogP contribution in [0.3, 0.4) is 0 Å². The molecule has 0 aliphatic carbocycles. The summed E-state index contributed by atoms with van der Waals surface area (Å²) in [5.41, 5.74) is 2.49. The van der Waals surface area contributed by atoms with E-state index in [0.29, 0.717) is 16.5 Å². The van der Waals surface area contributed by atoms with E-state index >= 15 is 0 Å². The lowest BCUT2D eigenvalue weighted by molar-refractivity contribution is 0.280. The predicted octanol–water partition coefficient (Wildman–Crippen LogP) is 4.73. The van der Waals surface area contributed by atoms with Gasteiger partial charge in [0.25, 0.3) is 0 Å². The van der Waals surface area contributed by atoms with Crippen molar-refractivity contribution in [3.05, 3.63) is 87.5 Å². The van der Waals surface area contributed by atoms with E-state index in [0.717, 1.165) is 26.6 Å². The number of halogens is 1. The molecule has 0 bridgehead atoms. The van der Waals surface area contributed by atoms with E-state index in [1.165, 1.54) is 17.4 Å². The number of methoxy groups -OCH3 is 1. The van der Waals surface area contributed by atoms with Gasteiger partial charge in [-0.15, -0.1) is 11.3 Å². The normalized spacial score (nSPS) is 11.2. The lowest BCUT2D eigenvalue weighted by atomic mass is 10.1. The first-order chi connectivity index (χ1) is 14.0. The fourth-order valence-electron chi connectivity index (χ4n) is 3.49. The molecule has 2 aromatic heterocycles. The zero-order chi connectivity index (χ0) is 20.5. The molecule has 0 aliphatic rings. The summed E-state index contributed by atoms with van der Waals surface area (Å²) in [5, 5.41) is 10.3. The van der Waals surface area contributed by atoms with Crippen LogP contribution in [0.2, 0.25) is 0 Å². The average molecular weight is 409 g/mol. The maximum Gasteiger partial charge on any atom is 0.196 e. The fraction of sp³-hybridized carbons (Fsp3) is 0.174. The maximum atomic E-state index is 14.2. The molecule has 0 amide bonds. The van der Waals surface area contributed by atoms with Crippen LogP contribution in [0.5, 0.6) is 5.75 Å². The van der Waals surface area contributed by atoms with Crippen LogP contribution in [0, 0.1) is 12.7 Å². The Morgan fingerprint density at radius 2 is 1.83 bits per heavy atom. The Morgan fingerprint density at radius 3 is 2.48 bits per heavy atom. The summed E-state index contributed by atoms with van der Waals surface area (Å²) in [6.45, 7) is 1.83. The third-order valence-electron chi connectivity index (χ3n) is 5.04. The number of hydrogen-bond donors (Lipinski definition) is 1. The molecule has 0 saturated heterocycles. The number of hydrogen-bond acceptors (Lipinski definition) is 4. The van der Waals surface area contributed by atoms with E-state index in [-0.39, 0.29) is 24.4 Å². The number of rotatable bonds is 5. The van der Waals surface area contributed by atoms with Crippen molar-refractivity contribution in [1.82, 2.24) is 4.57 Å². The molecular formula is C23H20FNO3S. The van der Waals surface area contributed by atoms with E-state index in [4.69, 9.17) is 4.74 Å². The fourth-order valence-corrected chi connectivity index (χ4v) is 4.78. The van der Waals surface area contributed by atoms with Crippen LogP contribution in [-0.4, -0.2) is 16.8 Å². The topological polar surface area (TPSA) is 51.5 Å². The lowest BCUT2D eigenvalue weighted by Crippen LogP contribution is -2.15. The van der Waals surface area contributed by atoms with Gasteiger partial charge in [0.05, 0.1) is 25.6 Å². The summed E-state index contributed by atoms with van der Waals surface area (Å²) in [6, 6.07) is 14.2. The van der Waals surface area contributed by atoms with Gasteiger partial charge in [0.2, 0.25) is 0 Å². The zero-order valence-electron chi connectivity index (χ0n) is 16.1. The maximum absolute atomic E-state index is 14.2. The molecule has 0 unspecified atom stereocenters. The molecule has 4 aromatic rings. The van der Waals surface area contributed by atoms with Gasteiger partial charge in [0.1, 0.15) is 16.4 Å². The molecule has 148 valence electrons. The highest BCUT2D eigenvalue weighted by Crippen LogP contribution is 2.37. The van der Waals surface area contributed by atoms with Crippen molar-refractivity contribution in [2.24, 2.45) is 0 Å². The van der Waals surface area contributed by atoms with Crippen molar-refractivity contribution in [2.75, 3.05) is 7.11 Å². The van der Waals surface area contributed by atoms with Gasteiger partial charge in [-0.3, -0.25) is 4.79 Å². The number of benzene rings is 2. The summed E-state index contributed by atoms with van der Waals surface area (Å²) in [4.78, 5) is 14.7. The van der Waals surface area contributed by atoms with Gasteiger partial charge in [-0.1, -0.05) is 18.2 Å². The minimum absolute atomic E-state index is 0.180. The van der Waals surface area contributed by atoms with Crippen molar-refractivity contribution in [3.8, 4) is 16.2 Å². The smallest absolute Gasteiger partial charge is 0.196 e. The molecule has 2 heterocycles. The number of aliphatic hydroxyl groups is 1. The first-order valence-electron chi connectivity index (χ1n) is 9.17. The monoisotopic (exact) mass is 409 g/mol. The van der Waals surface area contributed by atoms with Crippen molar-refractivity contribution >= 4 is 21.6 Å². The third kappa shape index (κ3) is 3.45. The summed E-state index contributed by atoms with van der Waals surface area (Å²) < 4.78 is 21.3. The van der Waals surface area contributed by atoms with Crippen molar-refractivity contribution in [1.29, 1.82) is 0 Å². The molecule has 4 nitrogen and oxygen atoms in total. The SMILES string of the molecule is COc1ccc(-c2sc3c(c2C)c(=O)c(CO)cn3Cc2ccccc2F)cc1. The van der Waals surface area contributed by atoms with Crippen LogP contribution in [0.15, 0.2) is 59.5 Å². The van der Waals surface area contributed by atoms with Gasteiger partial charge in [0.15, 0.2) is 5.43 Å². The molecule has 2 aromatic carbocycles. The van der Waals surface area contributed by atoms with Gasteiger partial charge in [-0.2, -0.15) is 0 Å². The molecule has 0 radical (unpaired) electrons. The molecule has 0 aliphatic heterocycles. The molecule has 29 heavy (non-hydrogen) atoms. The van der Waals surface area contributed by atoms with Crippen LogP contribution in [0.1, 0.15) is 16.7 Å². The van der Waals surface area contributed by atoms with E-state index in [2.05, 4.69) is 0 Å². The first-order valence-corrected chi connectivity index (χ1v) is 9.99. The number of ether oxygens (including phenoxy) is 1. The van der Waals surface area contributed by atoms with Crippen LogP contribution < -0.4 is 10.2 Å². The summed E-state index contributed by atoms with van der Waals surface area (Å²) in [5.74, 6) is 0.461. The third-order valence-corrected chi connectivity index (χ3v) is 6.42. The summed E-state index contributed by atoms with van der Waals surface area (Å²) in [7, 11) is 1.62. The zero-order valence-corrected chi connectivity index (χ0v) is 16.9. The molecule has 0 atom stereocenters. The highest BCUT2D eigenvalue weighted by atomic mass is 32.1. The summed E-state index contributed by atoms with van der Waals surface area (Å²) >= 11 is 1.49. The van der Waals surface area contributed by atoms with Gasteiger partial charge < -0.3 is 14.4 Å². The minimum atomic E-state index is -0.362. The van der Waals surface area contributed by atoms with Gasteiger partial charge in [0, 0.05) is 22.2 Å².